The summed E-state index contributed by atoms with van der Waals surface area (Å²) in [6, 6.07) is 6.57. The highest BCUT2D eigenvalue weighted by atomic mass is 32.1. The second kappa shape index (κ2) is 4.49. The first-order chi connectivity index (χ1) is 8.04. The quantitative estimate of drug-likeness (QED) is 0.754. The van der Waals surface area contributed by atoms with E-state index in [1.165, 1.54) is 9.75 Å². The standard InChI is InChI=1S/C14H17NOS/c1-9-7-13(8-16)11(3)15(9)12(4)14-6-5-10(2)17-14/h5-8,12H,1-4H3. The number of thiophene rings is 1. The van der Waals surface area contributed by atoms with Gasteiger partial charge in [-0.15, -0.1) is 11.3 Å². The third-order valence-corrected chi connectivity index (χ3v) is 4.38. The lowest BCUT2D eigenvalue weighted by Crippen LogP contribution is -2.09. The van der Waals surface area contributed by atoms with E-state index in [1.807, 2.05) is 24.3 Å². The van der Waals surface area contributed by atoms with E-state index < -0.39 is 0 Å². The van der Waals surface area contributed by atoms with Crippen LogP contribution in [0.25, 0.3) is 0 Å². The predicted octanol–water partition coefficient (Wildman–Crippen LogP) is 3.90. The van der Waals surface area contributed by atoms with Gasteiger partial charge in [0.15, 0.2) is 6.29 Å². The van der Waals surface area contributed by atoms with Gasteiger partial charge in [-0.2, -0.15) is 0 Å². The molecule has 2 heterocycles. The van der Waals surface area contributed by atoms with Crippen LogP contribution in [0.5, 0.6) is 0 Å². The maximum atomic E-state index is 10.9. The molecule has 1 atom stereocenters. The summed E-state index contributed by atoms with van der Waals surface area (Å²) in [4.78, 5) is 13.6. The van der Waals surface area contributed by atoms with Gasteiger partial charge in [0.25, 0.3) is 0 Å². The third kappa shape index (κ3) is 2.07. The fourth-order valence-electron chi connectivity index (χ4n) is 2.32. The summed E-state index contributed by atoms with van der Waals surface area (Å²) in [7, 11) is 0. The van der Waals surface area contributed by atoms with Gasteiger partial charge >= 0.3 is 0 Å². The summed E-state index contributed by atoms with van der Waals surface area (Å²) in [5.41, 5.74) is 2.99. The zero-order valence-corrected chi connectivity index (χ0v) is 11.5. The molecule has 0 N–H and O–H groups in total. The van der Waals surface area contributed by atoms with E-state index in [-0.39, 0.29) is 0 Å². The Bertz CT molecular complexity index is 551. The number of rotatable bonds is 3. The van der Waals surface area contributed by atoms with E-state index >= 15 is 0 Å². The Morgan fingerprint density at radius 1 is 1.29 bits per heavy atom. The van der Waals surface area contributed by atoms with E-state index in [4.69, 9.17) is 0 Å². The largest absolute Gasteiger partial charge is 0.341 e. The fraction of sp³-hybridized carbons (Fsp3) is 0.357. The molecule has 0 aliphatic rings. The van der Waals surface area contributed by atoms with Gasteiger partial charge in [0.2, 0.25) is 0 Å². The minimum Gasteiger partial charge on any atom is -0.341 e. The molecular weight excluding hydrogens is 230 g/mol. The number of nitrogens with zero attached hydrogens (tertiary/aromatic N) is 1. The van der Waals surface area contributed by atoms with Crippen LogP contribution in [0.15, 0.2) is 18.2 Å². The molecule has 17 heavy (non-hydrogen) atoms. The minimum absolute atomic E-state index is 0.294. The van der Waals surface area contributed by atoms with E-state index in [0.29, 0.717) is 6.04 Å². The van der Waals surface area contributed by atoms with Gasteiger partial charge in [-0.05, 0) is 45.9 Å². The monoisotopic (exact) mass is 247 g/mol. The normalized spacial score (nSPS) is 12.7. The average molecular weight is 247 g/mol. The van der Waals surface area contributed by atoms with Gasteiger partial charge < -0.3 is 4.57 Å². The number of carbonyl (C=O) groups is 1. The molecule has 3 heteroatoms. The summed E-state index contributed by atoms with van der Waals surface area (Å²) < 4.78 is 2.23. The zero-order valence-electron chi connectivity index (χ0n) is 10.7. The van der Waals surface area contributed by atoms with Crippen molar-refractivity contribution in [1.82, 2.24) is 4.57 Å². The Labute approximate surface area is 106 Å². The molecule has 2 nitrogen and oxygen atoms in total. The van der Waals surface area contributed by atoms with Crippen molar-refractivity contribution in [1.29, 1.82) is 0 Å². The molecule has 0 bridgehead atoms. The molecule has 0 saturated heterocycles. The van der Waals surface area contributed by atoms with Crippen molar-refractivity contribution in [3.8, 4) is 0 Å². The Kier molecular flexibility index (Phi) is 3.20. The zero-order chi connectivity index (χ0) is 12.6. The predicted molar refractivity (Wildman–Crippen MR) is 72.2 cm³/mol. The summed E-state index contributed by atoms with van der Waals surface area (Å²) in [6.45, 7) is 8.36. The molecule has 1 unspecified atom stereocenters. The molecule has 0 aromatic carbocycles. The lowest BCUT2D eigenvalue weighted by molar-refractivity contribution is 0.112. The van der Waals surface area contributed by atoms with E-state index in [1.54, 1.807) is 0 Å². The van der Waals surface area contributed by atoms with Crippen molar-refractivity contribution in [2.45, 2.75) is 33.7 Å². The Morgan fingerprint density at radius 2 is 2.00 bits per heavy atom. The molecule has 0 radical (unpaired) electrons. The van der Waals surface area contributed by atoms with Crippen molar-refractivity contribution in [3.05, 3.63) is 44.9 Å². The van der Waals surface area contributed by atoms with Crippen LogP contribution in [0.1, 0.15) is 44.5 Å². The highest BCUT2D eigenvalue weighted by Gasteiger charge is 2.16. The summed E-state index contributed by atoms with van der Waals surface area (Å²) >= 11 is 1.82. The summed E-state index contributed by atoms with van der Waals surface area (Å²) in [6.07, 6.45) is 0.936. The first-order valence-electron chi connectivity index (χ1n) is 5.74. The maximum Gasteiger partial charge on any atom is 0.151 e. The van der Waals surface area contributed by atoms with Crippen LogP contribution < -0.4 is 0 Å². The number of aromatic nitrogens is 1. The summed E-state index contributed by atoms with van der Waals surface area (Å²) in [5.74, 6) is 0. The Balaban J connectivity index is 2.46. The van der Waals surface area contributed by atoms with Gasteiger partial charge in [0, 0.05) is 26.7 Å². The first kappa shape index (κ1) is 12.1. The van der Waals surface area contributed by atoms with Crippen LogP contribution in [-0.4, -0.2) is 10.9 Å². The average Bonchev–Trinajstić information content (AvgIpc) is 2.83. The molecule has 0 saturated carbocycles. The second-order valence-corrected chi connectivity index (χ2v) is 5.76. The summed E-state index contributed by atoms with van der Waals surface area (Å²) in [5, 5.41) is 0. The van der Waals surface area contributed by atoms with Gasteiger partial charge in [0.1, 0.15) is 0 Å². The number of aldehydes is 1. The fourth-order valence-corrected chi connectivity index (χ4v) is 3.24. The number of hydrogen-bond donors (Lipinski definition) is 0. The SMILES string of the molecule is Cc1ccc(C(C)n2c(C)cc(C=O)c2C)s1. The Morgan fingerprint density at radius 3 is 2.47 bits per heavy atom. The van der Waals surface area contributed by atoms with Crippen molar-refractivity contribution in [2.75, 3.05) is 0 Å². The number of aryl methyl sites for hydroxylation is 2. The molecule has 2 aromatic rings. The topological polar surface area (TPSA) is 22.0 Å². The lowest BCUT2D eigenvalue weighted by Gasteiger charge is -2.17. The van der Waals surface area contributed by atoms with Gasteiger partial charge in [-0.1, -0.05) is 0 Å². The van der Waals surface area contributed by atoms with Crippen molar-refractivity contribution < 1.29 is 4.79 Å². The molecule has 2 aromatic heterocycles. The van der Waals surface area contributed by atoms with Crippen molar-refractivity contribution in [2.24, 2.45) is 0 Å². The van der Waals surface area contributed by atoms with Crippen LogP contribution in [-0.2, 0) is 0 Å². The highest BCUT2D eigenvalue weighted by molar-refractivity contribution is 7.12. The van der Waals surface area contributed by atoms with Crippen LogP contribution in [0.3, 0.4) is 0 Å². The minimum atomic E-state index is 0.294. The van der Waals surface area contributed by atoms with Crippen molar-refractivity contribution in [3.63, 3.8) is 0 Å². The molecule has 0 amide bonds. The van der Waals surface area contributed by atoms with Crippen molar-refractivity contribution >= 4 is 17.6 Å². The van der Waals surface area contributed by atoms with E-state index in [2.05, 4.69) is 37.5 Å². The van der Waals surface area contributed by atoms with Crippen LogP contribution in [0.4, 0.5) is 0 Å². The number of carbonyl (C=O) groups excluding carboxylic acids is 1. The molecule has 0 aliphatic carbocycles. The number of hydrogen-bond acceptors (Lipinski definition) is 2. The lowest BCUT2D eigenvalue weighted by atomic mass is 10.2. The maximum absolute atomic E-state index is 10.9. The molecule has 0 fully saturated rings. The molecule has 0 aliphatic heterocycles. The van der Waals surface area contributed by atoms with E-state index in [0.717, 1.165) is 23.2 Å². The molecule has 90 valence electrons. The molecule has 0 spiro atoms. The third-order valence-electron chi connectivity index (χ3n) is 3.21. The van der Waals surface area contributed by atoms with Crippen LogP contribution in [0.2, 0.25) is 0 Å². The first-order valence-corrected chi connectivity index (χ1v) is 6.56. The second-order valence-electron chi connectivity index (χ2n) is 4.44. The van der Waals surface area contributed by atoms with E-state index in [9.17, 15) is 4.79 Å². The Hall–Kier alpha value is -1.35. The smallest absolute Gasteiger partial charge is 0.151 e. The molecular formula is C14H17NOS. The van der Waals surface area contributed by atoms with Gasteiger partial charge in [-0.25, -0.2) is 0 Å². The van der Waals surface area contributed by atoms with Crippen LogP contribution in [0, 0.1) is 20.8 Å². The molecule has 2 rings (SSSR count). The van der Waals surface area contributed by atoms with Gasteiger partial charge in [0.05, 0.1) is 6.04 Å². The highest BCUT2D eigenvalue weighted by Crippen LogP contribution is 2.29. The van der Waals surface area contributed by atoms with Gasteiger partial charge in [-0.3, -0.25) is 4.79 Å². The van der Waals surface area contributed by atoms with Crippen LogP contribution >= 0.6 is 11.3 Å².